The van der Waals surface area contributed by atoms with Gasteiger partial charge in [-0.25, -0.2) is 8.42 Å². The maximum Gasteiger partial charge on any atom is 0.261 e. The van der Waals surface area contributed by atoms with Gasteiger partial charge in [0.2, 0.25) is 0 Å². The minimum Gasteiger partial charge on any atom is -0.493 e. The molecule has 0 saturated carbocycles. The van der Waals surface area contributed by atoms with E-state index < -0.39 is 9.05 Å². The predicted molar refractivity (Wildman–Crippen MR) is 60.1 cm³/mol. The van der Waals surface area contributed by atoms with Crippen LogP contribution in [0.3, 0.4) is 0 Å². The van der Waals surface area contributed by atoms with E-state index in [1.54, 1.807) is 13.0 Å². The maximum atomic E-state index is 11.2. The molecule has 1 aromatic rings. The molecule has 0 fully saturated rings. The van der Waals surface area contributed by atoms with Crippen molar-refractivity contribution >= 4 is 19.7 Å². The van der Waals surface area contributed by atoms with Crippen LogP contribution in [0.1, 0.15) is 18.1 Å². The molecule has 15 heavy (non-hydrogen) atoms. The Morgan fingerprint density at radius 1 is 1.33 bits per heavy atom. The third-order valence-electron chi connectivity index (χ3n) is 2.10. The zero-order valence-electron chi connectivity index (χ0n) is 8.87. The first-order chi connectivity index (χ1) is 6.88. The lowest BCUT2D eigenvalue weighted by Gasteiger charge is -2.12. The van der Waals surface area contributed by atoms with Crippen molar-refractivity contribution in [1.29, 1.82) is 0 Å². The van der Waals surface area contributed by atoms with Crippen LogP contribution in [0, 0.1) is 13.8 Å². The van der Waals surface area contributed by atoms with Crippen LogP contribution < -0.4 is 4.74 Å². The Kier molecular flexibility index (Phi) is 3.62. The van der Waals surface area contributed by atoms with E-state index in [9.17, 15) is 8.42 Å². The van der Waals surface area contributed by atoms with Crippen LogP contribution in [0.2, 0.25) is 0 Å². The highest BCUT2D eigenvalue weighted by atomic mass is 35.7. The van der Waals surface area contributed by atoms with Gasteiger partial charge in [-0.3, -0.25) is 0 Å². The first-order valence-electron chi connectivity index (χ1n) is 4.55. The minimum absolute atomic E-state index is 0.109. The number of hydrogen-bond acceptors (Lipinski definition) is 3. The monoisotopic (exact) mass is 248 g/mol. The van der Waals surface area contributed by atoms with Gasteiger partial charge in [-0.2, -0.15) is 0 Å². The maximum absolute atomic E-state index is 11.2. The second kappa shape index (κ2) is 4.41. The molecule has 3 nitrogen and oxygen atoms in total. The highest BCUT2D eigenvalue weighted by molar-refractivity contribution is 8.13. The molecule has 1 aromatic carbocycles. The van der Waals surface area contributed by atoms with Crippen molar-refractivity contribution in [3.63, 3.8) is 0 Å². The normalized spacial score (nSPS) is 11.5. The first-order valence-corrected chi connectivity index (χ1v) is 6.86. The topological polar surface area (TPSA) is 43.4 Å². The summed E-state index contributed by atoms with van der Waals surface area (Å²) in [4.78, 5) is 0.109. The molecule has 0 amide bonds. The highest BCUT2D eigenvalue weighted by Crippen LogP contribution is 2.30. The summed E-state index contributed by atoms with van der Waals surface area (Å²) in [5.41, 5.74) is 1.46. The average Bonchev–Trinajstić information content (AvgIpc) is 2.09. The quantitative estimate of drug-likeness (QED) is 0.773. The van der Waals surface area contributed by atoms with Gasteiger partial charge in [0.15, 0.2) is 0 Å². The Balaban J connectivity index is 3.42. The van der Waals surface area contributed by atoms with Crippen molar-refractivity contribution in [3.8, 4) is 5.75 Å². The zero-order valence-corrected chi connectivity index (χ0v) is 10.4. The standard InChI is InChI=1S/C10H13ClO3S/c1-4-14-10-7(2)5-6-9(8(10)3)15(11,12)13/h5-6H,4H2,1-3H3. The summed E-state index contributed by atoms with van der Waals surface area (Å²) >= 11 is 0. The van der Waals surface area contributed by atoms with Gasteiger partial charge < -0.3 is 4.74 Å². The number of hydrogen-bond donors (Lipinski definition) is 0. The summed E-state index contributed by atoms with van der Waals surface area (Å²) in [7, 11) is 1.61. The lowest BCUT2D eigenvalue weighted by molar-refractivity contribution is 0.334. The summed E-state index contributed by atoms with van der Waals surface area (Å²) in [6.45, 7) is 5.89. The van der Waals surface area contributed by atoms with Gasteiger partial charge >= 0.3 is 0 Å². The Morgan fingerprint density at radius 2 is 1.93 bits per heavy atom. The Bertz CT molecular complexity index is 466. The molecular formula is C10H13ClO3S. The summed E-state index contributed by atoms with van der Waals surface area (Å²) in [5.74, 6) is 0.597. The molecule has 0 saturated heterocycles. The Morgan fingerprint density at radius 3 is 2.40 bits per heavy atom. The molecule has 0 aliphatic carbocycles. The number of halogens is 1. The Hall–Kier alpha value is -0.740. The molecule has 5 heteroatoms. The molecule has 0 bridgehead atoms. The molecule has 0 atom stereocenters. The van der Waals surface area contributed by atoms with E-state index >= 15 is 0 Å². The molecule has 0 spiro atoms. The molecule has 0 aliphatic heterocycles. The van der Waals surface area contributed by atoms with E-state index in [2.05, 4.69) is 0 Å². The predicted octanol–water partition coefficient (Wildman–Crippen LogP) is 2.63. The third-order valence-corrected chi connectivity index (χ3v) is 3.57. The fraction of sp³-hybridized carbons (Fsp3) is 0.400. The first kappa shape index (κ1) is 12.3. The minimum atomic E-state index is -3.70. The fourth-order valence-corrected chi connectivity index (χ4v) is 2.63. The largest absolute Gasteiger partial charge is 0.493 e. The lowest BCUT2D eigenvalue weighted by atomic mass is 10.1. The van der Waals surface area contributed by atoms with Gasteiger partial charge in [0, 0.05) is 16.2 Å². The zero-order chi connectivity index (χ0) is 11.6. The van der Waals surface area contributed by atoms with Crippen LogP contribution in [0.15, 0.2) is 17.0 Å². The summed E-state index contributed by atoms with van der Waals surface area (Å²) in [6.07, 6.45) is 0. The van der Waals surface area contributed by atoms with Crippen LogP contribution in [-0.2, 0) is 9.05 Å². The van der Waals surface area contributed by atoms with Gasteiger partial charge in [-0.15, -0.1) is 0 Å². The number of benzene rings is 1. The average molecular weight is 249 g/mol. The molecule has 0 aliphatic rings. The number of ether oxygens (including phenoxy) is 1. The van der Waals surface area contributed by atoms with E-state index in [-0.39, 0.29) is 4.90 Å². The van der Waals surface area contributed by atoms with Gasteiger partial charge in [-0.05, 0) is 32.4 Å². The lowest BCUT2D eigenvalue weighted by Crippen LogP contribution is -2.01. The third kappa shape index (κ3) is 2.63. The van der Waals surface area contributed by atoms with E-state index in [1.165, 1.54) is 6.07 Å². The molecule has 1 rings (SSSR count). The van der Waals surface area contributed by atoms with Gasteiger partial charge in [0.05, 0.1) is 11.5 Å². The van der Waals surface area contributed by atoms with Crippen molar-refractivity contribution in [2.45, 2.75) is 25.7 Å². The van der Waals surface area contributed by atoms with Crippen molar-refractivity contribution in [2.75, 3.05) is 6.61 Å². The van der Waals surface area contributed by atoms with Crippen LogP contribution in [0.25, 0.3) is 0 Å². The van der Waals surface area contributed by atoms with Crippen molar-refractivity contribution in [3.05, 3.63) is 23.3 Å². The van der Waals surface area contributed by atoms with Crippen LogP contribution in [0.4, 0.5) is 0 Å². The van der Waals surface area contributed by atoms with E-state index in [1.807, 2.05) is 13.8 Å². The molecular weight excluding hydrogens is 236 g/mol. The van der Waals surface area contributed by atoms with E-state index in [0.717, 1.165) is 5.56 Å². The molecule has 0 unspecified atom stereocenters. The highest BCUT2D eigenvalue weighted by Gasteiger charge is 2.17. The SMILES string of the molecule is CCOc1c(C)ccc(S(=O)(=O)Cl)c1C. The van der Waals surface area contributed by atoms with Crippen molar-refractivity contribution in [1.82, 2.24) is 0 Å². The summed E-state index contributed by atoms with van der Waals surface area (Å²) in [5, 5.41) is 0. The fourth-order valence-electron chi connectivity index (χ4n) is 1.44. The van der Waals surface area contributed by atoms with Crippen LogP contribution in [0.5, 0.6) is 5.75 Å². The van der Waals surface area contributed by atoms with Crippen LogP contribution in [-0.4, -0.2) is 15.0 Å². The van der Waals surface area contributed by atoms with E-state index in [0.29, 0.717) is 17.9 Å². The van der Waals surface area contributed by atoms with Crippen LogP contribution >= 0.6 is 10.7 Å². The Labute approximate surface area is 94.4 Å². The second-order valence-electron chi connectivity index (χ2n) is 3.21. The second-order valence-corrected chi connectivity index (χ2v) is 5.74. The van der Waals surface area contributed by atoms with Gasteiger partial charge in [0.25, 0.3) is 9.05 Å². The van der Waals surface area contributed by atoms with E-state index in [4.69, 9.17) is 15.4 Å². The number of rotatable bonds is 3. The molecule has 0 radical (unpaired) electrons. The summed E-state index contributed by atoms with van der Waals surface area (Å²) < 4.78 is 27.8. The van der Waals surface area contributed by atoms with Crippen molar-refractivity contribution in [2.24, 2.45) is 0 Å². The smallest absolute Gasteiger partial charge is 0.261 e. The molecule has 0 aromatic heterocycles. The molecule has 0 heterocycles. The summed E-state index contributed by atoms with van der Waals surface area (Å²) in [6, 6.07) is 3.18. The van der Waals surface area contributed by atoms with Crippen molar-refractivity contribution < 1.29 is 13.2 Å². The molecule has 0 N–H and O–H groups in total. The van der Waals surface area contributed by atoms with Gasteiger partial charge in [0.1, 0.15) is 5.75 Å². The molecule has 84 valence electrons. The number of aryl methyl sites for hydroxylation is 1. The van der Waals surface area contributed by atoms with Gasteiger partial charge in [-0.1, -0.05) is 6.07 Å².